The van der Waals surface area contributed by atoms with E-state index >= 15 is 0 Å². The number of carbonyl (C=O) groups excluding carboxylic acids is 1. The zero-order valence-electron chi connectivity index (χ0n) is 14.8. The predicted molar refractivity (Wildman–Crippen MR) is 101 cm³/mol. The highest BCUT2D eigenvalue weighted by Gasteiger charge is 2.39. The Kier molecular flexibility index (Phi) is 5.70. The number of hydrogen-bond acceptors (Lipinski definition) is 4. The van der Waals surface area contributed by atoms with Gasteiger partial charge in [-0.15, -0.1) is 0 Å². The molecule has 1 N–H and O–H groups in total. The van der Waals surface area contributed by atoms with E-state index in [0.29, 0.717) is 18.2 Å². The highest BCUT2D eigenvalue weighted by atomic mass is 79.9. The van der Waals surface area contributed by atoms with Gasteiger partial charge in [0.05, 0.1) is 5.69 Å². The Hall–Kier alpha value is -1.01. The van der Waals surface area contributed by atoms with Crippen LogP contribution in [0.15, 0.2) is 16.7 Å². The molecular weight excluding hydrogens is 394 g/mol. The SMILES string of the molecule is CC(C)(C)OC(=O)N1CCC(Nc2cc(Br)cnc2Cl)C(C)(C)C1. The van der Waals surface area contributed by atoms with Crippen LogP contribution in [0, 0.1) is 5.41 Å². The lowest BCUT2D eigenvalue weighted by atomic mass is 9.79. The molecule has 1 unspecified atom stereocenters. The maximum atomic E-state index is 12.3. The van der Waals surface area contributed by atoms with E-state index in [2.05, 4.69) is 40.1 Å². The van der Waals surface area contributed by atoms with E-state index in [1.807, 2.05) is 26.8 Å². The number of anilines is 1. The summed E-state index contributed by atoms with van der Waals surface area (Å²) in [5, 5.41) is 3.93. The van der Waals surface area contributed by atoms with Gasteiger partial charge in [-0.3, -0.25) is 0 Å². The number of aromatic nitrogens is 1. The highest BCUT2D eigenvalue weighted by Crippen LogP contribution is 2.34. The van der Waals surface area contributed by atoms with Crippen LogP contribution in [-0.2, 0) is 4.74 Å². The molecular formula is C17H25BrClN3O2. The Bertz CT molecular complexity index is 616. The van der Waals surface area contributed by atoms with Crippen molar-refractivity contribution in [3.05, 3.63) is 21.9 Å². The van der Waals surface area contributed by atoms with Gasteiger partial charge in [0.15, 0.2) is 5.15 Å². The van der Waals surface area contributed by atoms with Gasteiger partial charge in [0.1, 0.15) is 5.60 Å². The molecule has 7 heteroatoms. The summed E-state index contributed by atoms with van der Waals surface area (Å²) in [6.45, 7) is 11.2. The first-order valence-corrected chi connectivity index (χ1v) is 9.20. The molecule has 2 heterocycles. The van der Waals surface area contributed by atoms with Crippen LogP contribution in [0.25, 0.3) is 0 Å². The highest BCUT2D eigenvalue weighted by molar-refractivity contribution is 9.10. The van der Waals surface area contributed by atoms with Gasteiger partial charge in [0.25, 0.3) is 0 Å². The number of halogens is 2. The number of likely N-dealkylation sites (tertiary alicyclic amines) is 1. The standard InChI is InChI=1S/C17H25BrClN3O2/c1-16(2,3)24-15(23)22-7-6-13(17(4,5)10-22)21-12-8-11(18)9-20-14(12)19/h8-9,13,21H,6-7,10H2,1-5H3. The van der Waals surface area contributed by atoms with Gasteiger partial charge < -0.3 is 15.0 Å². The average Bonchev–Trinajstić information content (AvgIpc) is 2.42. The Balaban J connectivity index is 2.06. The van der Waals surface area contributed by atoms with Crippen molar-refractivity contribution in [3.63, 3.8) is 0 Å². The quantitative estimate of drug-likeness (QED) is 0.691. The van der Waals surface area contributed by atoms with Crippen LogP contribution in [0.4, 0.5) is 10.5 Å². The van der Waals surface area contributed by atoms with Crippen LogP contribution in [0.2, 0.25) is 5.15 Å². The molecule has 1 saturated heterocycles. The predicted octanol–water partition coefficient (Wildman–Crippen LogP) is 4.95. The minimum absolute atomic E-state index is 0.124. The first-order valence-electron chi connectivity index (χ1n) is 8.03. The number of amides is 1. The van der Waals surface area contributed by atoms with Crippen LogP contribution in [0.5, 0.6) is 0 Å². The molecule has 1 aromatic heterocycles. The fourth-order valence-electron chi connectivity index (χ4n) is 2.82. The van der Waals surface area contributed by atoms with Crippen molar-refractivity contribution in [3.8, 4) is 0 Å². The first kappa shape index (κ1) is 19.3. The van der Waals surface area contributed by atoms with E-state index in [0.717, 1.165) is 16.6 Å². The number of piperidine rings is 1. The number of pyridine rings is 1. The molecule has 1 aliphatic heterocycles. The van der Waals surface area contributed by atoms with Crippen molar-refractivity contribution in [2.24, 2.45) is 5.41 Å². The molecule has 24 heavy (non-hydrogen) atoms. The molecule has 1 aromatic rings. The molecule has 1 aliphatic rings. The van der Waals surface area contributed by atoms with E-state index in [9.17, 15) is 4.79 Å². The summed E-state index contributed by atoms with van der Waals surface area (Å²) in [5.74, 6) is 0. The summed E-state index contributed by atoms with van der Waals surface area (Å²) in [5.41, 5.74) is 0.196. The lowest BCUT2D eigenvalue weighted by molar-refractivity contribution is 0.00691. The van der Waals surface area contributed by atoms with Crippen LogP contribution >= 0.6 is 27.5 Å². The minimum Gasteiger partial charge on any atom is -0.444 e. The van der Waals surface area contributed by atoms with Crippen LogP contribution in [0.1, 0.15) is 41.0 Å². The summed E-state index contributed by atoms with van der Waals surface area (Å²) in [6, 6.07) is 2.11. The molecule has 2 rings (SSSR count). The molecule has 1 atom stereocenters. The zero-order chi connectivity index (χ0) is 18.1. The number of ether oxygens (including phenoxy) is 1. The summed E-state index contributed by atoms with van der Waals surface area (Å²) < 4.78 is 6.36. The third kappa shape index (κ3) is 4.99. The van der Waals surface area contributed by atoms with E-state index < -0.39 is 5.60 Å². The fraction of sp³-hybridized carbons (Fsp3) is 0.647. The van der Waals surface area contributed by atoms with Crippen molar-refractivity contribution in [1.82, 2.24) is 9.88 Å². The topological polar surface area (TPSA) is 54.5 Å². The Morgan fingerprint density at radius 2 is 2.17 bits per heavy atom. The van der Waals surface area contributed by atoms with Crippen molar-refractivity contribution < 1.29 is 9.53 Å². The van der Waals surface area contributed by atoms with Gasteiger partial charge in [-0.1, -0.05) is 25.4 Å². The summed E-state index contributed by atoms with van der Waals surface area (Å²) in [4.78, 5) is 18.2. The zero-order valence-corrected chi connectivity index (χ0v) is 17.2. The van der Waals surface area contributed by atoms with Crippen molar-refractivity contribution in [1.29, 1.82) is 0 Å². The maximum absolute atomic E-state index is 12.3. The Morgan fingerprint density at radius 3 is 2.75 bits per heavy atom. The number of rotatable bonds is 2. The molecule has 0 bridgehead atoms. The smallest absolute Gasteiger partial charge is 0.410 e. The van der Waals surface area contributed by atoms with Gasteiger partial charge in [-0.2, -0.15) is 0 Å². The molecule has 1 fully saturated rings. The van der Waals surface area contributed by atoms with Crippen molar-refractivity contribution in [2.75, 3.05) is 18.4 Å². The van der Waals surface area contributed by atoms with Crippen molar-refractivity contribution in [2.45, 2.75) is 52.7 Å². The molecule has 0 aliphatic carbocycles. The average molecular weight is 419 g/mol. The molecule has 0 aromatic carbocycles. The third-order valence-corrected chi connectivity index (χ3v) is 4.75. The third-order valence-electron chi connectivity index (χ3n) is 4.02. The first-order chi connectivity index (χ1) is 11.0. The van der Waals surface area contributed by atoms with Gasteiger partial charge >= 0.3 is 6.09 Å². The monoisotopic (exact) mass is 417 g/mol. The summed E-state index contributed by atoms with van der Waals surface area (Å²) in [6.07, 6.45) is 2.23. The van der Waals surface area contributed by atoms with E-state index in [4.69, 9.17) is 16.3 Å². The molecule has 5 nitrogen and oxygen atoms in total. The molecule has 0 radical (unpaired) electrons. The largest absolute Gasteiger partial charge is 0.444 e. The van der Waals surface area contributed by atoms with Gasteiger partial charge in [-0.05, 0) is 49.2 Å². The Morgan fingerprint density at radius 1 is 1.50 bits per heavy atom. The van der Waals surface area contributed by atoms with Gasteiger partial charge in [0.2, 0.25) is 0 Å². The van der Waals surface area contributed by atoms with Gasteiger partial charge in [0, 0.05) is 35.2 Å². The number of nitrogens with zero attached hydrogens (tertiary/aromatic N) is 2. The van der Waals surface area contributed by atoms with Crippen LogP contribution in [-0.4, -0.2) is 40.7 Å². The van der Waals surface area contributed by atoms with E-state index in [1.54, 1.807) is 11.1 Å². The van der Waals surface area contributed by atoms with Crippen LogP contribution < -0.4 is 5.32 Å². The fourth-order valence-corrected chi connectivity index (χ4v) is 3.31. The lowest BCUT2D eigenvalue weighted by Gasteiger charge is -2.45. The second-order valence-electron chi connectivity index (χ2n) is 7.87. The molecule has 1 amide bonds. The maximum Gasteiger partial charge on any atom is 0.410 e. The minimum atomic E-state index is -0.480. The second kappa shape index (κ2) is 7.08. The molecule has 0 spiro atoms. The van der Waals surface area contributed by atoms with Gasteiger partial charge in [-0.25, -0.2) is 9.78 Å². The summed E-state index contributed by atoms with van der Waals surface area (Å²) in [7, 11) is 0. The Labute approximate surface area is 157 Å². The number of hydrogen-bond donors (Lipinski definition) is 1. The number of nitrogens with one attached hydrogen (secondary N) is 1. The lowest BCUT2D eigenvalue weighted by Crippen LogP contribution is -2.54. The second-order valence-corrected chi connectivity index (χ2v) is 9.14. The molecule has 134 valence electrons. The van der Waals surface area contributed by atoms with Crippen molar-refractivity contribution >= 4 is 39.3 Å². The van der Waals surface area contributed by atoms with E-state index in [1.165, 1.54) is 0 Å². The number of carbonyl (C=O) groups is 1. The summed E-state index contributed by atoms with van der Waals surface area (Å²) >= 11 is 9.60. The van der Waals surface area contributed by atoms with Crippen LogP contribution in [0.3, 0.4) is 0 Å². The normalized spacial score (nSPS) is 20.6. The van der Waals surface area contributed by atoms with E-state index in [-0.39, 0.29) is 17.6 Å². The molecule has 0 saturated carbocycles.